The van der Waals surface area contributed by atoms with Crippen molar-refractivity contribution in [2.45, 2.75) is 32.2 Å². The molecule has 1 saturated carbocycles. The van der Waals surface area contributed by atoms with Gasteiger partial charge in [0.2, 0.25) is 0 Å². The lowest BCUT2D eigenvalue weighted by atomic mass is 9.79. The number of hydrogen-bond donors (Lipinski definition) is 1. The first-order valence-electron chi connectivity index (χ1n) is 6.03. The highest BCUT2D eigenvalue weighted by Crippen LogP contribution is 2.37. The highest BCUT2D eigenvalue weighted by atomic mass is 16.5. The van der Waals surface area contributed by atoms with Crippen molar-refractivity contribution in [2.75, 3.05) is 18.0 Å². The summed E-state index contributed by atoms with van der Waals surface area (Å²) >= 11 is 0. The van der Waals surface area contributed by atoms with Crippen LogP contribution < -0.4 is 10.6 Å². The van der Waals surface area contributed by atoms with Crippen molar-refractivity contribution in [2.24, 2.45) is 17.6 Å². The fourth-order valence-electron chi connectivity index (χ4n) is 3.04. The molecule has 2 N–H and O–H groups in total. The predicted molar refractivity (Wildman–Crippen MR) is 60.1 cm³/mol. The Labute approximate surface area is 95.0 Å². The van der Waals surface area contributed by atoms with Gasteiger partial charge in [0.25, 0.3) is 0 Å². The smallest absolute Gasteiger partial charge is 0.324 e. The van der Waals surface area contributed by atoms with Crippen molar-refractivity contribution in [3.8, 4) is 0 Å². The molecule has 0 bridgehead atoms. The minimum Gasteiger partial charge on any atom is -0.328 e. The van der Waals surface area contributed by atoms with E-state index in [1.165, 1.54) is 6.42 Å². The van der Waals surface area contributed by atoms with Crippen LogP contribution in [-0.4, -0.2) is 29.3 Å². The molecule has 0 amide bonds. The van der Waals surface area contributed by atoms with Crippen LogP contribution in [0.5, 0.6) is 0 Å². The SMILES string of the molecule is Cc1noc(N2C[C@H]3CCC(N)C[C@H]3C2)n1. The van der Waals surface area contributed by atoms with Crippen LogP contribution in [0.4, 0.5) is 6.01 Å². The number of nitrogens with zero attached hydrogens (tertiary/aromatic N) is 3. The zero-order valence-electron chi connectivity index (χ0n) is 9.59. The third kappa shape index (κ3) is 1.69. The Morgan fingerprint density at radius 2 is 2.12 bits per heavy atom. The first-order valence-corrected chi connectivity index (χ1v) is 6.03. The summed E-state index contributed by atoms with van der Waals surface area (Å²) in [5.74, 6) is 2.20. The highest BCUT2D eigenvalue weighted by Gasteiger charge is 2.38. The van der Waals surface area contributed by atoms with E-state index in [0.29, 0.717) is 17.9 Å². The average Bonchev–Trinajstić information content (AvgIpc) is 2.83. The van der Waals surface area contributed by atoms with E-state index in [-0.39, 0.29) is 0 Å². The van der Waals surface area contributed by atoms with Crippen LogP contribution in [-0.2, 0) is 0 Å². The topological polar surface area (TPSA) is 68.2 Å². The van der Waals surface area contributed by atoms with Crippen LogP contribution in [0.15, 0.2) is 4.52 Å². The Kier molecular flexibility index (Phi) is 2.35. The van der Waals surface area contributed by atoms with Gasteiger partial charge in [-0.25, -0.2) is 0 Å². The number of nitrogens with two attached hydrogens (primary N) is 1. The van der Waals surface area contributed by atoms with Gasteiger partial charge in [0.15, 0.2) is 5.82 Å². The summed E-state index contributed by atoms with van der Waals surface area (Å²) in [6.45, 7) is 3.94. The standard InChI is InChI=1S/C11H18N4O/c1-7-13-11(16-14-7)15-5-8-2-3-10(12)4-9(8)6-15/h8-10H,2-6,12H2,1H3/t8-,9+,10?/m1/s1. The molecule has 16 heavy (non-hydrogen) atoms. The van der Waals surface area contributed by atoms with Crippen LogP contribution >= 0.6 is 0 Å². The molecular weight excluding hydrogens is 204 g/mol. The van der Waals surface area contributed by atoms with E-state index in [2.05, 4.69) is 15.0 Å². The average molecular weight is 222 g/mol. The maximum Gasteiger partial charge on any atom is 0.324 e. The zero-order chi connectivity index (χ0) is 11.1. The van der Waals surface area contributed by atoms with Crippen LogP contribution in [0.1, 0.15) is 25.1 Å². The molecular formula is C11H18N4O. The molecule has 5 heteroatoms. The molecule has 1 aliphatic heterocycles. The number of rotatable bonds is 1. The van der Waals surface area contributed by atoms with Gasteiger partial charge in [-0.05, 0) is 38.0 Å². The summed E-state index contributed by atoms with van der Waals surface area (Å²) in [6.07, 6.45) is 3.56. The lowest BCUT2D eigenvalue weighted by Gasteiger charge is -2.27. The fraction of sp³-hybridized carbons (Fsp3) is 0.818. The molecule has 5 nitrogen and oxygen atoms in total. The number of aromatic nitrogens is 2. The van der Waals surface area contributed by atoms with E-state index in [1.54, 1.807) is 0 Å². The summed E-state index contributed by atoms with van der Waals surface area (Å²) in [6, 6.07) is 1.08. The molecule has 0 aromatic carbocycles. The third-order valence-corrected chi connectivity index (χ3v) is 3.88. The molecule has 2 aliphatic rings. The fourth-order valence-corrected chi connectivity index (χ4v) is 3.04. The molecule has 1 aromatic rings. The molecule has 0 radical (unpaired) electrons. The largest absolute Gasteiger partial charge is 0.328 e. The van der Waals surface area contributed by atoms with E-state index in [9.17, 15) is 0 Å². The van der Waals surface area contributed by atoms with E-state index in [4.69, 9.17) is 10.3 Å². The summed E-state index contributed by atoms with van der Waals surface area (Å²) in [4.78, 5) is 6.50. The van der Waals surface area contributed by atoms with Crippen molar-refractivity contribution >= 4 is 6.01 Å². The van der Waals surface area contributed by atoms with Crippen LogP contribution in [0.3, 0.4) is 0 Å². The lowest BCUT2D eigenvalue weighted by Crippen LogP contribution is -2.32. The Morgan fingerprint density at radius 3 is 2.88 bits per heavy atom. The van der Waals surface area contributed by atoms with Gasteiger partial charge in [-0.1, -0.05) is 5.16 Å². The summed E-state index contributed by atoms with van der Waals surface area (Å²) in [5, 5.41) is 3.84. The van der Waals surface area contributed by atoms with Gasteiger partial charge in [0.05, 0.1) is 0 Å². The maximum absolute atomic E-state index is 6.01. The molecule has 2 heterocycles. The first kappa shape index (κ1) is 10.1. The second-order valence-corrected chi connectivity index (χ2v) is 5.12. The molecule has 0 spiro atoms. The van der Waals surface area contributed by atoms with Crippen molar-refractivity contribution in [3.05, 3.63) is 5.82 Å². The maximum atomic E-state index is 6.01. The van der Waals surface area contributed by atoms with Crippen molar-refractivity contribution < 1.29 is 4.52 Å². The second kappa shape index (κ2) is 3.73. The molecule has 1 aromatic heterocycles. The highest BCUT2D eigenvalue weighted by molar-refractivity contribution is 5.28. The number of hydrogen-bond acceptors (Lipinski definition) is 5. The van der Waals surface area contributed by atoms with Crippen molar-refractivity contribution in [1.29, 1.82) is 0 Å². The summed E-state index contributed by atoms with van der Waals surface area (Å²) in [5.41, 5.74) is 6.01. The molecule has 1 aliphatic carbocycles. The van der Waals surface area contributed by atoms with E-state index < -0.39 is 0 Å². The molecule has 1 unspecified atom stereocenters. The van der Waals surface area contributed by atoms with Crippen LogP contribution in [0, 0.1) is 18.8 Å². The lowest BCUT2D eigenvalue weighted by molar-refractivity contribution is 0.271. The molecule has 88 valence electrons. The van der Waals surface area contributed by atoms with Gasteiger partial charge in [-0.3, -0.25) is 0 Å². The molecule has 3 rings (SSSR count). The van der Waals surface area contributed by atoms with Gasteiger partial charge >= 0.3 is 6.01 Å². The Bertz CT molecular complexity index is 378. The van der Waals surface area contributed by atoms with Gasteiger partial charge in [-0.2, -0.15) is 4.98 Å². The number of fused-ring (bicyclic) bond motifs is 1. The summed E-state index contributed by atoms with van der Waals surface area (Å²) in [7, 11) is 0. The van der Waals surface area contributed by atoms with E-state index >= 15 is 0 Å². The summed E-state index contributed by atoms with van der Waals surface area (Å²) < 4.78 is 5.21. The minimum atomic E-state index is 0.394. The van der Waals surface area contributed by atoms with E-state index in [1.807, 2.05) is 6.92 Å². The number of anilines is 1. The van der Waals surface area contributed by atoms with Crippen LogP contribution in [0.25, 0.3) is 0 Å². The van der Waals surface area contributed by atoms with E-state index in [0.717, 1.165) is 37.8 Å². The Morgan fingerprint density at radius 1 is 1.31 bits per heavy atom. The third-order valence-electron chi connectivity index (χ3n) is 3.88. The normalized spacial score (nSPS) is 34.1. The van der Waals surface area contributed by atoms with Gasteiger partial charge in [-0.15, -0.1) is 0 Å². The van der Waals surface area contributed by atoms with Gasteiger partial charge in [0.1, 0.15) is 0 Å². The minimum absolute atomic E-state index is 0.394. The predicted octanol–water partition coefficient (Wildman–Crippen LogP) is 0.942. The van der Waals surface area contributed by atoms with Crippen molar-refractivity contribution in [1.82, 2.24) is 10.1 Å². The van der Waals surface area contributed by atoms with Gasteiger partial charge < -0.3 is 15.2 Å². The zero-order valence-corrected chi connectivity index (χ0v) is 9.59. The van der Waals surface area contributed by atoms with Gasteiger partial charge in [0, 0.05) is 19.1 Å². The Balaban J connectivity index is 1.72. The Hall–Kier alpha value is -1.10. The van der Waals surface area contributed by atoms with Crippen molar-refractivity contribution in [3.63, 3.8) is 0 Å². The molecule has 1 saturated heterocycles. The molecule has 3 atom stereocenters. The second-order valence-electron chi connectivity index (χ2n) is 5.12. The molecule has 2 fully saturated rings. The first-order chi connectivity index (χ1) is 7.72. The number of aryl methyl sites for hydroxylation is 1. The quantitative estimate of drug-likeness (QED) is 0.766. The van der Waals surface area contributed by atoms with Crippen LogP contribution in [0.2, 0.25) is 0 Å². The monoisotopic (exact) mass is 222 g/mol.